The summed E-state index contributed by atoms with van der Waals surface area (Å²) in [4.78, 5) is 22.0. The second kappa shape index (κ2) is 7.08. The molecule has 0 saturated heterocycles. The standard InChI is InChI=1S/C12H16BrN3O3/c1-3-4-5-14-12(17)15-10-7-11(16(18)19)8(2)6-9(10)13/h6-7H,3-5H2,1-2H3,(H2,14,15,17). The molecule has 2 amide bonds. The molecule has 1 rings (SSSR count). The normalized spacial score (nSPS) is 10.1. The van der Waals surface area contributed by atoms with Gasteiger partial charge in [-0.3, -0.25) is 10.1 Å². The summed E-state index contributed by atoms with van der Waals surface area (Å²) in [5.41, 5.74) is 0.896. The molecule has 0 saturated carbocycles. The number of amides is 2. The Morgan fingerprint density at radius 3 is 2.74 bits per heavy atom. The zero-order valence-corrected chi connectivity index (χ0v) is 12.4. The summed E-state index contributed by atoms with van der Waals surface area (Å²) in [6.07, 6.45) is 1.88. The Morgan fingerprint density at radius 1 is 1.47 bits per heavy atom. The summed E-state index contributed by atoms with van der Waals surface area (Å²) in [7, 11) is 0. The number of nitrogens with one attached hydrogen (secondary N) is 2. The van der Waals surface area contributed by atoms with E-state index in [1.165, 1.54) is 6.07 Å². The Hall–Kier alpha value is -1.63. The molecule has 0 spiro atoms. The molecule has 0 heterocycles. The summed E-state index contributed by atoms with van der Waals surface area (Å²) < 4.78 is 0.612. The lowest BCUT2D eigenvalue weighted by Crippen LogP contribution is -2.29. The van der Waals surface area contributed by atoms with Gasteiger partial charge in [0.15, 0.2) is 0 Å². The predicted octanol–water partition coefficient (Wildman–Crippen LogP) is 3.59. The van der Waals surface area contributed by atoms with Gasteiger partial charge in [-0.2, -0.15) is 0 Å². The number of hydrogen-bond acceptors (Lipinski definition) is 3. The number of aryl methyl sites for hydroxylation is 1. The number of nitro benzene ring substituents is 1. The monoisotopic (exact) mass is 329 g/mol. The lowest BCUT2D eigenvalue weighted by Gasteiger charge is -2.09. The van der Waals surface area contributed by atoms with E-state index < -0.39 is 4.92 Å². The van der Waals surface area contributed by atoms with Gasteiger partial charge in [0.05, 0.1) is 10.6 Å². The molecule has 0 aliphatic carbocycles. The number of unbranched alkanes of at least 4 members (excludes halogenated alkanes) is 1. The minimum Gasteiger partial charge on any atom is -0.338 e. The van der Waals surface area contributed by atoms with Gasteiger partial charge in [0.1, 0.15) is 0 Å². The van der Waals surface area contributed by atoms with Crippen LogP contribution in [0.25, 0.3) is 0 Å². The van der Waals surface area contributed by atoms with Crippen LogP contribution >= 0.6 is 15.9 Å². The second-order valence-electron chi connectivity index (χ2n) is 4.11. The lowest BCUT2D eigenvalue weighted by atomic mass is 10.2. The SMILES string of the molecule is CCCCNC(=O)Nc1cc([N+](=O)[O-])c(C)cc1Br. The fourth-order valence-electron chi connectivity index (χ4n) is 1.50. The van der Waals surface area contributed by atoms with E-state index in [0.717, 1.165) is 12.8 Å². The van der Waals surface area contributed by atoms with Crippen molar-refractivity contribution in [1.82, 2.24) is 5.32 Å². The van der Waals surface area contributed by atoms with Gasteiger partial charge in [-0.05, 0) is 35.3 Å². The molecule has 6 nitrogen and oxygen atoms in total. The lowest BCUT2D eigenvalue weighted by molar-refractivity contribution is -0.385. The van der Waals surface area contributed by atoms with Crippen molar-refractivity contribution in [3.63, 3.8) is 0 Å². The van der Waals surface area contributed by atoms with E-state index in [1.54, 1.807) is 13.0 Å². The number of hydrogen-bond donors (Lipinski definition) is 2. The van der Waals surface area contributed by atoms with Gasteiger partial charge in [0.2, 0.25) is 0 Å². The Morgan fingerprint density at radius 2 is 2.16 bits per heavy atom. The summed E-state index contributed by atoms with van der Waals surface area (Å²) >= 11 is 3.28. The van der Waals surface area contributed by atoms with Crippen LogP contribution in [0.1, 0.15) is 25.3 Å². The van der Waals surface area contributed by atoms with E-state index in [-0.39, 0.29) is 11.7 Å². The molecule has 0 atom stereocenters. The summed E-state index contributed by atoms with van der Waals surface area (Å²) in [6.45, 7) is 4.25. The highest BCUT2D eigenvalue weighted by Crippen LogP contribution is 2.30. The third-order valence-corrected chi connectivity index (χ3v) is 3.20. The van der Waals surface area contributed by atoms with E-state index in [4.69, 9.17) is 0 Å². The third-order valence-electron chi connectivity index (χ3n) is 2.55. The summed E-state index contributed by atoms with van der Waals surface area (Å²) in [5, 5.41) is 16.1. The Balaban J connectivity index is 2.80. The van der Waals surface area contributed by atoms with E-state index in [9.17, 15) is 14.9 Å². The van der Waals surface area contributed by atoms with Gasteiger partial charge in [0, 0.05) is 22.6 Å². The Labute approximate surface area is 119 Å². The molecule has 0 fully saturated rings. The molecule has 0 bridgehead atoms. The van der Waals surface area contributed by atoms with Crippen molar-refractivity contribution in [3.05, 3.63) is 32.3 Å². The molecular weight excluding hydrogens is 314 g/mol. The quantitative estimate of drug-likeness (QED) is 0.491. The predicted molar refractivity (Wildman–Crippen MR) is 77.5 cm³/mol. The number of rotatable bonds is 5. The highest BCUT2D eigenvalue weighted by Gasteiger charge is 2.15. The topological polar surface area (TPSA) is 84.3 Å². The van der Waals surface area contributed by atoms with Crippen molar-refractivity contribution < 1.29 is 9.72 Å². The number of urea groups is 1. The minimum absolute atomic E-state index is 0.0212. The fraction of sp³-hybridized carbons (Fsp3) is 0.417. The van der Waals surface area contributed by atoms with Crippen LogP contribution in [0.4, 0.5) is 16.2 Å². The van der Waals surface area contributed by atoms with Gasteiger partial charge in [-0.15, -0.1) is 0 Å². The highest BCUT2D eigenvalue weighted by atomic mass is 79.9. The van der Waals surface area contributed by atoms with Crippen LogP contribution < -0.4 is 10.6 Å². The zero-order valence-electron chi connectivity index (χ0n) is 10.8. The maximum Gasteiger partial charge on any atom is 0.319 e. The number of nitrogens with zero attached hydrogens (tertiary/aromatic N) is 1. The van der Waals surface area contributed by atoms with Crippen molar-refractivity contribution >= 4 is 33.3 Å². The molecular formula is C12H16BrN3O3. The van der Waals surface area contributed by atoms with Crippen LogP contribution in [0.3, 0.4) is 0 Å². The molecule has 1 aromatic carbocycles. The van der Waals surface area contributed by atoms with Gasteiger partial charge in [-0.1, -0.05) is 13.3 Å². The molecule has 0 aromatic heterocycles. The highest BCUT2D eigenvalue weighted by molar-refractivity contribution is 9.10. The molecule has 19 heavy (non-hydrogen) atoms. The van der Waals surface area contributed by atoms with E-state index >= 15 is 0 Å². The van der Waals surface area contributed by atoms with Gasteiger partial charge in [-0.25, -0.2) is 4.79 Å². The van der Waals surface area contributed by atoms with Gasteiger partial charge in [0.25, 0.3) is 5.69 Å². The Bertz CT molecular complexity index is 491. The fourth-order valence-corrected chi connectivity index (χ4v) is 2.06. The maximum atomic E-state index is 11.6. The van der Waals surface area contributed by atoms with E-state index in [2.05, 4.69) is 26.6 Å². The van der Waals surface area contributed by atoms with Crippen LogP contribution in [0.2, 0.25) is 0 Å². The van der Waals surface area contributed by atoms with Crippen LogP contribution in [-0.4, -0.2) is 17.5 Å². The van der Waals surface area contributed by atoms with Crippen molar-refractivity contribution in [1.29, 1.82) is 0 Å². The number of anilines is 1. The second-order valence-corrected chi connectivity index (χ2v) is 4.96. The largest absolute Gasteiger partial charge is 0.338 e. The third kappa shape index (κ3) is 4.51. The first kappa shape index (κ1) is 15.4. The minimum atomic E-state index is -0.470. The first-order valence-electron chi connectivity index (χ1n) is 5.95. The van der Waals surface area contributed by atoms with Crippen LogP contribution in [0.5, 0.6) is 0 Å². The summed E-state index contributed by atoms with van der Waals surface area (Å²) in [5.74, 6) is 0. The van der Waals surface area contributed by atoms with Crippen molar-refractivity contribution in [2.24, 2.45) is 0 Å². The molecule has 0 aliphatic heterocycles. The number of carbonyl (C=O) groups excluding carboxylic acids is 1. The van der Waals surface area contributed by atoms with E-state index in [1.807, 2.05) is 6.92 Å². The van der Waals surface area contributed by atoms with Gasteiger partial charge < -0.3 is 10.6 Å². The molecule has 0 unspecified atom stereocenters. The molecule has 104 valence electrons. The molecule has 2 N–H and O–H groups in total. The zero-order chi connectivity index (χ0) is 14.4. The van der Waals surface area contributed by atoms with Gasteiger partial charge >= 0.3 is 6.03 Å². The smallest absolute Gasteiger partial charge is 0.319 e. The first-order valence-corrected chi connectivity index (χ1v) is 6.74. The van der Waals surface area contributed by atoms with Crippen LogP contribution in [-0.2, 0) is 0 Å². The number of nitro groups is 1. The Kier molecular flexibility index (Phi) is 5.75. The maximum absolute atomic E-state index is 11.6. The first-order chi connectivity index (χ1) is 8.95. The van der Waals surface area contributed by atoms with E-state index in [0.29, 0.717) is 22.3 Å². The summed E-state index contributed by atoms with van der Waals surface area (Å²) in [6, 6.07) is 2.59. The van der Waals surface area contributed by atoms with Crippen molar-refractivity contribution in [3.8, 4) is 0 Å². The molecule has 0 aliphatic rings. The number of benzene rings is 1. The van der Waals surface area contributed by atoms with Crippen molar-refractivity contribution in [2.75, 3.05) is 11.9 Å². The van der Waals surface area contributed by atoms with Crippen LogP contribution in [0.15, 0.2) is 16.6 Å². The van der Waals surface area contributed by atoms with Crippen LogP contribution in [0, 0.1) is 17.0 Å². The average Bonchev–Trinajstić information content (AvgIpc) is 2.32. The average molecular weight is 330 g/mol. The number of halogens is 1. The molecule has 0 radical (unpaired) electrons. The number of carbonyl (C=O) groups is 1. The van der Waals surface area contributed by atoms with Crippen molar-refractivity contribution in [2.45, 2.75) is 26.7 Å². The molecule has 7 heteroatoms. The molecule has 1 aromatic rings.